The number of rotatable bonds is 5. The lowest BCUT2D eigenvalue weighted by Gasteiger charge is -2.14. The van der Waals surface area contributed by atoms with E-state index in [-0.39, 0.29) is 5.56 Å². The highest BCUT2D eigenvalue weighted by Crippen LogP contribution is 2.21. The van der Waals surface area contributed by atoms with Crippen LogP contribution in [0.5, 0.6) is 0 Å². The molecule has 0 aliphatic heterocycles. The number of nitro groups is 1. The zero-order valence-electron chi connectivity index (χ0n) is 10.1. The van der Waals surface area contributed by atoms with E-state index in [9.17, 15) is 19.3 Å². The van der Waals surface area contributed by atoms with Crippen molar-refractivity contribution < 1.29 is 24.3 Å². The normalized spacial score (nSPS) is 10.6. The SMILES string of the molecule is Cc1cc([N+](=O)[O-])cc(C(=O)NC(CO)CO)c1F. The quantitative estimate of drug-likeness (QED) is 0.520. The van der Waals surface area contributed by atoms with Gasteiger partial charge in [-0.3, -0.25) is 14.9 Å². The predicted molar refractivity (Wildman–Crippen MR) is 63.2 cm³/mol. The fourth-order valence-electron chi connectivity index (χ4n) is 1.43. The van der Waals surface area contributed by atoms with Crippen molar-refractivity contribution in [1.82, 2.24) is 5.32 Å². The number of nitrogens with one attached hydrogen (secondary N) is 1. The number of aliphatic hydroxyl groups excluding tert-OH is 2. The van der Waals surface area contributed by atoms with E-state index in [1.54, 1.807) is 0 Å². The topological polar surface area (TPSA) is 113 Å². The first-order chi connectivity index (χ1) is 8.90. The minimum absolute atomic E-state index is 0.0381. The third kappa shape index (κ3) is 3.46. The molecule has 0 atom stereocenters. The zero-order valence-corrected chi connectivity index (χ0v) is 10.1. The lowest BCUT2D eigenvalue weighted by molar-refractivity contribution is -0.385. The van der Waals surface area contributed by atoms with Gasteiger partial charge in [0.1, 0.15) is 5.82 Å². The number of nitro benzene ring substituents is 1. The Bertz CT molecular complexity index is 502. The van der Waals surface area contributed by atoms with Gasteiger partial charge >= 0.3 is 0 Å². The first kappa shape index (κ1) is 15.0. The van der Waals surface area contributed by atoms with Gasteiger partial charge in [-0.2, -0.15) is 0 Å². The Kier molecular flexibility index (Phi) is 4.90. The molecule has 7 nitrogen and oxygen atoms in total. The molecule has 8 heteroatoms. The number of hydrogen-bond donors (Lipinski definition) is 3. The molecule has 0 spiro atoms. The standard InChI is InChI=1S/C11H13FN2O5/c1-6-2-8(14(18)19)3-9(10(6)12)11(17)13-7(4-15)5-16/h2-3,7,15-16H,4-5H2,1H3,(H,13,17). The third-order valence-electron chi connectivity index (χ3n) is 2.47. The summed E-state index contributed by atoms with van der Waals surface area (Å²) in [7, 11) is 0. The summed E-state index contributed by atoms with van der Waals surface area (Å²) in [5, 5.41) is 30.4. The van der Waals surface area contributed by atoms with E-state index in [2.05, 4.69) is 5.32 Å². The van der Waals surface area contributed by atoms with Gasteiger partial charge in [0, 0.05) is 12.1 Å². The molecule has 1 aromatic carbocycles. The molecule has 0 fully saturated rings. The largest absolute Gasteiger partial charge is 0.394 e. The van der Waals surface area contributed by atoms with Crippen LogP contribution in [-0.2, 0) is 0 Å². The lowest BCUT2D eigenvalue weighted by Crippen LogP contribution is -2.40. The van der Waals surface area contributed by atoms with Crippen LogP contribution in [0.3, 0.4) is 0 Å². The Balaban J connectivity index is 3.11. The number of nitrogens with zero attached hydrogens (tertiary/aromatic N) is 1. The summed E-state index contributed by atoms with van der Waals surface area (Å²) in [6, 6.07) is 0.872. The van der Waals surface area contributed by atoms with Crippen molar-refractivity contribution in [3.8, 4) is 0 Å². The number of carbonyl (C=O) groups excluding carboxylic acids is 1. The second-order valence-electron chi connectivity index (χ2n) is 3.92. The molecule has 0 aliphatic carbocycles. The van der Waals surface area contributed by atoms with Gasteiger partial charge in [0.25, 0.3) is 11.6 Å². The van der Waals surface area contributed by atoms with Gasteiger partial charge in [-0.05, 0) is 12.5 Å². The number of non-ortho nitro benzene ring substituents is 1. The molecular formula is C11H13FN2O5. The number of carbonyl (C=O) groups is 1. The lowest BCUT2D eigenvalue weighted by atomic mass is 10.1. The van der Waals surface area contributed by atoms with Crippen molar-refractivity contribution in [2.75, 3.05) is 13.2 Å². The summed E-state index contributed by atoms with van der Waals surface area (Å²) >= 11 is 0. The first-order valence-corrected chi connectivity index (χ1v) is 5.37. The summed E-state index contributed by atoms with van der Waals surface area (Å²) in [6.07, 6.45) is 0. The molecule has 19 heavy (non-hydrogen) atoms. The van der Waals surface area contributed by atoms with Gasteiger partial charge < -0.3 is 15.5 Å². The second-order valence-corrected chi connectivity index (χ2v) is 3.92. The molecule has 1 aromatic rings. The molecule has 104 valence electrons. The number of hydrogen-bond acceptors (Lipinski definition) is 5. The number of amides is 1. The Morgan fingerprint density at radius 1 is 1.47 bits per heavy atom. The maximum absolute atomic E-state index is 13.7. The van der Waals surface area contributed by atoms with E-state index < -0.39 is 47.2 Å². The highest BCUT2D eigenvalue weighted by atomic mass is 19.1. The fourth-order valence-corrected chi connectivity index (χ4v) is 1.43. The van der Waals surface area contributed by atoms with Gasteiger partial charge in [-0.1, -0.05) is 0 Å². The molecule has 1 rings (SSSR count). The number of halogens is 1. The van der Waals surface area contributed by atoms with E-state index in [0.717, 1.165) is 12.1 Å². The zero-order chi connectivity index (χ0) is 14.6. The predicted octanol–water partition coefficient (Wildman–Crippen LogP) is 0.125. The summed E-state index contributed by atoms with van der Waals surface area (Å²) < 4.78 is 13.7. The molecule has 0 bridgehead atoms. The van der Waals surface area contributed by atoms with E-state index in [4.69, 9.17) is 10.2 Å². The molecule has 0 aromatic heterocycles. The Labute approximate surface area is 107 Å². The number of benzene rings is 1. The van der Waals surface area contributed by atoms with Crippen LogP contribution in [0.2, 0.25) is 0 Å². The first-order valence-electron chi connectivity index (χ1n) is 5.37. The van der Waals surface area contributed by atoms with Crippen LogP contribution in [0.4, 0.5) is 10.1 Å². The summed E-state index contributed by atoms with van der Waals surface area (Å²) in [4.78, 5) is 21.6. The maximum Gasteiger partial charge on any atom is 0.270 e. The average molecular weight is 272 g/mol. The summed E-state index contributed by atoms with van der Waals surface area (Å²) in [5.41, 5.74) is -0.948. The van der Waals surface area contributed by atoms with Crippen molar-refractivity contribution >= 4 is 11.6 Å². The van der Waals surface area contributed by atoms with Gasteiger partial charge in [-0.25, -0.2) is 4.39 Å². The van der Waals surface area contributed by atoms with Crippen molar-refractivity contribution in [2.45, 2.75) is 13.0 Å². The molecule has 1 amide bonds. The molecule has 0 saturated heterocycles. The molecule has 0 unspecified atom stereocenters. The third-order valence-corrected chi connectivity index (χ3v) is 2.47. The van der Waals surface area contributed by atoms with Gasteiger partial charge in [0.15, 0.2) is 0 Å². The second kappa shape index (κ2) is 6.21. The molecule has 0 radical (unpaired) electrons. The smallest absolute Gasteiger partial charge is 0.270 e. The summed E-state index contributed by atoms with van der Waals surface area (Å²) in [5.74, 6) is -1.81. The minimum Gasteiger partial charge on any atom is -0.394 e. The van der Waals surface area contributed by atoms with Gasteiger partial charge in [-0.15, -0.1) is 0 Å². The Morgan fingerprint density at radius 3 is 2.53 bits per heavy atom. The van der Waals surface area contributed by atoms with Crippen molar-refractivity contribution in [3.05, 3.63) is 39.2 Å². The van der Waals surface area contributed by atoms with Crippen LogP contribution in [0, 0.1) is 22.9 Å². The average Bonchev–Trinajstić information content (AvgIpc) is 2.38. The molecule has 3 N–H and O–H groups in total. The highest BCUT2D eigenvalue weighted by Gasteiger charge is 2.21. The van der Waals surface area contributed by atoms with Crippen molar-refractivity contribution in [1.29, 1.82) is 0 Å². The molecule has 0 heterocycles. The van der Waals surface area contributed by atoms with Gasteiger partial charge in [0.2, 0.25) is 0 Å². The van der Waals surface area contributed by atoms with Crippen LogP contribution < -0.4 is 5.32 Å². The highest BCUT2D eigenvalue weighted by molar-refractivity contribution is 5.95. The summed E-state index contributed by atoms with van der Waals surface area (Å²) in [6.45, 7) is 0.240. The Hall–Kier alpha value is -2.06. The fraction of sp³-hybridized carbons (Fsp3) is 0.364. The van der Waals surface area contributed by atoms with E-state index in [1.807, 2.05) is 0 Å². The molecule has 0 saturated carbocycles. The van der Waals surface area contributed by atoms with Crippen LogP contribution in [0.15, 0.2) is 12.1 Å². The van der Waals surface area contributed by atoms with E-state index in [0.29, 0.717) is 0 Å². The molecular weight excluding hydrogens is 259 g/mol. The van der Waals surface area contributed by atoms with E-state index >= 15 is 0 Å². The van der Waals surface area contributed by atoms with Crippen LogP contribution in [0.25, 0.3) is 0 Å². The van der Waals surface area contributed by atoms with Crippen molar-refractivity contribution in [2.24, 2.45) is 0 Å². The monoisotopic (exact) mass is 272 g/mol. The van der Waals surface area contributed by atoms with Gasteiger partial charge in [0.05, 0.1) is 29.7 Å². The molecule has 0 aliphatic rings. The number of aryl methyl sites for hydroxylation is 1. The number of aliphatic hydroxyl groups is 2. The minimum atomic E-state index is -0.952. The maximum atomic E-state index is 13.7. The van der Waals surface area contributed by atoms with Crippen LogP contribution in [0.1, 0.15) is 15.9 Å². The Morgan fingerprint density at radius 2 is 2.05 bits per heavy atom. The van der Waals surface area contributed by atoms with Crippen LogP contribution in [-0.4, -0.2) is 40.3 Å². The van der Waals surface area contributed by atoms with Crippen LogP contribution >= 0.6 is 0 Å². The van der Waals surface area contributed by atoms with E-state index in [1.165, 1.54) is 6.92 Å². The van der Waals surface area contributed by atoms with Crippen molar-refractivity contribution in [3.63, 3.8) is 0 Å².